The van der Waals surface area contributed by atoms with Crippen LogP contribution in [0.15, 0.2) is 0 Å². The van der Waals surface area contributed by atoms with E-state index in [2.05, 4.69) is 15.5 Å². The lowest BCUT2D eigenvalue weighted by molar-refractivity contribution is -0.121. The summed E-state index contributed by atoms with van der Waals surface area (Å²) < 4.78 is 0. The molecule has 2 unspecified atom stereocenters. The van der Waals surface area contributed by atoms with Gasteiger partial charge in [-0.05, 0) is 76.3 Å². The number of piperidine rings is 1. The Morgan fingerprint density at radius 1 is 0.933 bits per heavy atom. The van der Waals surface area contributed by atoms with Crippen LogP contribution in [0, 0.1) is 11.8 Å². The average molecular weight is 422 g/mol. The molecule has 2 amide bonds. The van der Waals surface area contributed by atoms with Crippen LogP contribution >= 0.6 is 0 Å². The van der Waals surface area contributed by atoms with Gasteiger partial charge in [-0.2, -0.15) is 0 Å². The van der Waals surface area contributed by atoms with Crippen molar-refractivity contribution in [3.05, 3.63) is 0 Å². The van der Waals surface area contributed by atoms with Crippen molar-refractivity contribution in [1.29, 1.82) is 0 Å². The monoisotopic (exact) mass is 421 g/mol. The SMILES string of the molecule is CCCC(=O)NCCCC1CCN(C2[N]CCC2CCCCCCNC(C)=O)CC1. The fourth-order valence-corrected chi connectivity index (χ4v) is 4.97. The van der Waals surface area contributed by atoms with Gasteiger partial charge in [0.2, 0.25) is 11.8 Å². The van der Waals surface area contributed by atoms with Crippen LogP contribution < -0.4 is 16.0 Å². The van der Waals surface area contributed by atoms with Gasteiger partial charge in [0, 0.05) is 33.0 Å². The number of rotatable bonds is 14. The first-order chi connectivity index (χ1) is 14.6. The molecule has 2 aliphatic heterocycles. The Kier molecular flexibility index (Phi) is 12.4. The molecule has 1 radical (unpaired) electrons. The molecular formula is C24H45N4O2. The Morgan fingerprint density at radius 2 is 1.67 bits per heavy atom. The summed E-state index contributed by atoms with van der Waals surface area (Å²) in [6.45, 7) is 8.70. The third kappa shape index (κ3) is 9.78. The first-order valence-corrected chi connectivity index (χ1v) is 12.5. The maximum atomic E-state index is 11.5. The molecular weight excluding hydrogens is 376 g/mol. The van der Waals surface area contributed by atoms with E-state index in [1.54, 1.807) is 6.92 Å². The van der Waals surface area contributed by atoms with Crippen LogP contribution in [-0.4, -0.2) is 55.6 Å². The third-order valence-corrected chi connectivity index (χ3v) is 6.72. The minimum atomic E-state index is 0.0768. The number of carbonyl (C=O) groups is 2. The largest absolute Gasteiger partial charge is 0.356 e. The molecule has 173 valence electrons. The molecule has 0 aromatic heterocycles. The number of nitrogens with zero attached hydrogens (tertiary/aromatic N) is 2. The molecule has 2 aliphatic rings. The van der Waals surface area contributed by atoms with E-state index in [0.717, 1.165) is 50.7 Å². The highest BCUT2D eigenvalue weighted by molar-refractivity contribution is 5.75. The zero-order valence-electron chi connectivity index (χ0n) is 19.5. The smallest absolute Gasteiger partial charge is 0.219 e. The second-order valence-electron chi connectivity index (χ2n) is 9.28. The lowest BCUT2D eigenvalue weighted by Gasteiger charge is -2.38. The third-order valence-electron chi connectivity index (χ3n) is 6.72. The van der Waals surface area contributed by atoms with Crippen molar-refractivity contribution in [1.82, 2.24) is 20.9 Å². The zero-order valence-corrected chi connectivity index (χ0v) is 19.5. The van der Waals surface area contributed by atoms with Crippen LogP contribution in [0.3, 0.4) is 0 Å². The van der Waals surface area contributed by atoms with Crippen molar-refractivity contribution in [3.63, 3.8) is 0 Å². The molecule has 2 fully saturated rings. The lowest BCUT2D eigenvalue weighted by atomic mass is 9.90. The molecule has 30 heavy (non-hydrogen) atoms. The molecule has 0 spiro atoms. The summed E-state index contributed by atoms with van der Waals surface area (Å²) in [4.78, 5) is 25.1. The zero-order chi connectivity index (χ0) is 21.6. The van der Waals surface area contributed by atoms with Gasteiger partial charge >= 0.3 is 0 Å². The van der Waals surface area contributed by atoms with Gasteiger partial charge in [-0.3, -0.25) is 14.5 Å². The Balaban J connectivity index is 1.54. The van der Waals surface area contributed by atoms with Crippen LogP contribution in [0.5, 0.6) is 0 Å². The van der Waals surface area contributed by atoms with Crippen LogP contribution in [-0.2, 0) is 9.59 Å². The second-order valence-corrected chi connectivity index (χ2v) is 9.28. The maximum absolute atomic E-state index is 11.5. The normalized spacial score (nSPS) is 22.9. The van der Waals surface area contributed by atoms with Crippen molar-refractivity contribution >= 4 is 11.8 Å². The number of carbonyl (C=O) groups excluding carboxylic acids is 2. The predicted octanol–water partition coefficient (Wildman–Crippen LogP) is 3.43. The maximum Gasteiger partial charge on any atom is 0.219 e. The lowest BCUT2D eigenvalue weighted by Crippen LogP contribution is -2.46. The number of amides is 2. The molecule has 0 aliphatic carbocycles. The first kappa shape index (κ1) is 25.1. The molecule has 6 heteroatoms. The van der Waals surface area contributed by atoms with E-state index in [9.17, 15) is 9.59 Å². The van der Waals surface area contributed by atoms with Gasteiger partial charge in [0.25, 0.3) is 0 Å². The van der Waals surface area contributed by atoms with Crippen molar-refractivity contribution in [2.45, 2.75) is 97.1 Å². The highest BCUT2D eigenvalue weighted by atomic mass is 16.2. The second kappa shape index (κ2) is 14.8. The molecule has 2 heterocycles. The van der Waals surface area contributed by atoms with Crippen LogP contribution in [0.25, 0.3) is 0 Å². The van der Waals surface area contributed by atoms with E-state index in [1.807, 2.05) is 6.92 Å². The van der Waals surface area contributed by atoms with Gasteiger partial charge < -0.3 is 10.6 Å². The number of hydrogen-bond acceptors (Lipinski definition) is 3. The number of hydrogen-bond donors (Lipinski definition) is 2. The Bertz CT molecular complexity index is 492. The molecule has 2 saturated heterocycles. The van der Waals surface area contributed by atoms with E-state index in [4.69, 9.17) is 5.32 Å². The molecule has 0 saturated carbocycles. The molecule has 6 nitrogen and oxygen atoms in total. The highest BCUT2D eigenvalue weighted by Crippen LogP contribution is 2.30. The standard InChI is InChI=1S/C24H45N4O2/c1-3-9-23(30)26-16-8-10-21-13-18-28(19-14-21)24-22(12-17-27-24)11-6-4-5-7-15-25-20(2)29/h21-22,24H,3-19H2,1-2H3,(H,25,29)(H,26,30). The molecule has 0 aromatic carbocycles. The predicted molar refractivity (Wildman–Crippen MR) is 122 cm³/mol. The van der Waals surface area contributed by atoms with Gasteiger partial charge in [0.05, 0.1) is 6.17 Å². The Morgan fingerprint density at radius 3 is 2.40 bits per heavy atom. The molecule has 2 rings (SSSR count). The summed E-state index contributed by atoms with van der Waals surface area (Å²) in [7, 11) is 0. The van der Waals surface area contributed by atoms with Crippen molar-refractivity contribution in [2.75, 3.05) is 32.7 Å². The van der Waals surface area contributed by atoms with E-state index < -0.39 is 0 Å². The van der Waals surface area contributed by atoms with E-state index in [0.29, 0.717) is 12.6 Å². The fourth-order valence-electron chi connectivity index (χ4n) is 4.97. The van der Waals surface area contributed by atoms with Crippen LogP contribution in [0.2, 0.25) is 0 Å². The Hall–Kier alpha value is -1.14. The quantitative estimate of drug-likeness (QED) is 0.422. The van der Waals surface area contributed by atoms with E-state index >= 15 is 0 Å². The van der Waals surface area contributed by atoms with Gasteiger partial charge in [-0.1, -0.05) is 26.2 Å². The highest BCUT2D eigenvalue weighted by Gasteiger charge is 2.34. The average Bonchev–Trinajstić information content (AvgIpc) is 3.19. The molecule has 2 atom stereocenters. The van der Waals surface area contributed by atoms with Crippen LogP contribution in [0.1, 0.15) is 90.9 Å². The van der Waals surface area contributed by atoms with Crippen molar-refractivity contribution in [2.24, 2.45) is 11.8 Å². The van der Waals surface area contributed by atoms with Gasteiger partial charge in [0.1, 0.15) is 0 Å². The summed E-state index contributed by atoms with van der Waals surface area (Å²) in [6.07, 6.45) is 14.4. The molecule has 2 N–H and O–H groups in total. The van der Waals surface area contributed by atoms with Gasteiger partial charge in [-0.25, -0.2) is 5.32 Å². The topological polar surface area (TPSA) is 75.5 Å². The fraction of sp³-hybridized carbons (Fsp3) is 0.917. The van der Waals surface area contributed by atoms with E-state index in [1.165, 1.54) is 64.5 Å². The summed E-state index contributed by atoms with van der Waals surface area (Å²) in [6, 6.07) is 0. The van der Waals surface area contributed by atoms with Crippen molar-refractivity contribution < 1.29 is 9.59 Å². The molecule has 0 aromatic rings. The Labute approximate surface area is 184 Å². The minimum absolute atomic E-state index is 0.0768. The summed E-state index contributed by atoms with van der Waals surface area (Å²) in [5, 5.41) is 10.9. The summed E-state index contributed by atoms with van der Waals surface area (Å²) >= 11 is 0. The van der Waals surface area contributed by atoms with Gasteiger partial charge in [-0.15, -0.1) is 0 Å². The van der Waals surface area contributed by atoms with Crippen molar-refractivity contribution in [3.8, 4) is 0 Å². The number of unbranched alkanes of at least 4 members (excludes halogenated alkanes) is 3. The van der Waals surface area contributed by atoms with Crippen LogP contribution in [0.4, 0.5) is 0 Å². The number of likely N-dealkylation sites (tertiary alicyclic amines) is 1. The number of nitrogens with one attached hydrogen (secondary N) is 2. The summed E-state index contributed by atoms with van der Waals surface area (Å²) in [5.41, 5.74) is 0. The summed E-state index contributed by atoms with van der Waals surface area (Å²) in [5.74, 6) is 1.83. The first-order valence-electron chi connectivity index (χ1n) is 12.5. The molecule has 0 bridgehead atoms. The van der Waals surface area contributed by atoms with E-state index in [-0.39, 0.29) is 11.8 Å². The minimum Gasteiger partial charge on any atom is -0.356 e. The van der Waals surface area contributed by atoms with Gasteiger partial charge in [0.15, 0.2) is 0 Å².